The van der Waals surface area contributed by atoms with Gasteiger partial charge in [-0.2, -0.15) is 5.26 Å². The number of carbonyl (C=O) groups is 1. The van der Waals surface area contributed by atoms with E-state index >= 15 is 0 Å². The summed E-state index contributed by atoms with van der Waals surface area (Å²) >= 11 is 1.44. The fraction of sp³-hybridized carbons (Fsp3) is 0.667. The van der Waals surface area contributed by atoms with Gasteiger partial charge < -0.3 is 14.8 Å². The highest BCUT2D eigenvalue weighted by molar-refractivity contribution is 7.16. The Bertz CT molecular complexity index is 689. The minimum Gasteiger partial charge on any atom is -0.379 e. The SMILES string of the molecule is CC1(C)Cc2c(sc(NC(=O)NCCCN3CCOCC3)c2C#N)CO1. The number of morpholine rings is 1. The summed E-state index contributed by atoms with van der Waals surface area (Å²) in [6, 6.07) is 1.99. The maximum atomic E-state index is 12.2. The van der Waals surface area contributed by atoms with E-state index in [1.54, 1.807) is 0 Å². The molecule has 0 spiro atoms. The number of nitrogens with one attached hydrogen (secondary N) is 2. The summed E-state index contributed by atoms with van der Waals surface area (Å²) in [5.41, 5.74) is 1.31. The second kappa shape index (κ2) is 8.35. The predicted molar refractivity (Wildman–Crippen MR) is 101 cm³/mol. The molecule has 0 aliphatic carbocycles. The Labute approximate surface area is 158 Å². The van der Waals surface area contributed by atoms with Gasteiger partial charge in [-0.3, -0.25) is 10.2 Å². The molecule has 0 unspecified atom stereocenters. The Hall–Kier alpha value is -1.66. The van der Waals surface area contributed by atoms with Crippen molar-refractivity contribution < 1.29 is 14.3 Å². The van der Waals surface area contributed by atoms with Crippen LogP contribution >= 0.6 is 11.3 Å². The molecule has 142 valence electrons. The number of ether oxygens (including phenoxy) is 2. The van der Waals surface area contributed by atoms with Crippen molar-refractivity contribution in [1.82, 2.24) is 10.2 Å². The van der Waals surface area contributed by atoms with Gasteiger partial charge in [-0.15, -0.1) is 11.3 Å². The van der Waals surface area contributed by atoms with Crippen molar-refractivity contribution in [3.8, 4) is 6.07 Å². The lowest BCUT2D eigenvalue weighted by Crippen LogP contribution is -2.38. The molecule has 1 aromatic rings. The number of thiophene rings is 1. The average molecular weight is 378 g/mol. The van der Waals surface area contributed by atoms with Gasteiger partial charge in [0.2, 0.25) is 0 Å². The first kappa shape index (κ1) is 19.1. The fourth-order valence-electron chi connectivity index (χ4n) is 3.24. The van der Waals surface area contributed by atoms with Crippen molar-refractivity contribution in [1.29, 1.82) is 5.26 Å². The third-order valence-electron chi connectivity index (χ3n) is 4.67. The zero-order valence-electron chi connectivity index (χ0n) is 15.4. The smallest absolute Gasteiger partial charge is 0.319 e. The van der Waals surface area contributed by atoms with Crippen LogP contribution in [0.2, 0.25) is 0 Å². The monoisotopic (exact) mass is 378 g/mol. The molecule has 1 fully saturated rings. The van der Waals surface area contributed by atoms with Gasteiger partial charge in [0.1, 0.15) is 11.1 Å². The number of amides is 2. The molecule has 3 rings (SSSR count). The van der Waals surface area contributed by atoms with E-state index in [0.29, 0.717) is 30.1 Å². The topological polar surface area (TPSA) is 86.6 Å². The molecule has 0 saturated carbocycles. The van der Waals surface area contributed by atoms with Gasteiger partial charge in [0.05, 0.1) is 31.0 Å². The molecule has 0 bridgehead atoms. The van der Waals surface area contributed by atoms with Crippen molar-refractivity contribution >= 4 is 22.4 Å². The predicted octanol–water partition coefficient (Wildman–Crippen LogP) is 2.31. The van der Waals surface area contributed by atoms with Crippen LogP contribution in [0.4, 0.5) is 9.80 Å². The lowest BCUT2D eigenvalue weighted by atomic mass is 9.93. The molecule has 1 aromatic heterocycles. The van der Waals surface area contributed by atoms with Crippen LogP contribution in [0.15, 0.2) is 0 Å². The standard InChI is InChI=1S/C18H26N4O3S/c1-18(2)10-13-14(11-19)16(26-15(13)12-25-18)21-17(23)20-4-3-5-22-6-8-24-9-7-22/h3-10,12H2,1-2H3,(H2,20,21,23). The maximum absolute atomic E-state index is 12.2. The van der Waals surface area contributed by atoms with Crippen molar-refractivity contribution in [2.24, 2.45) is 0 Å². The Morgan fingerprint density at radius 1 is 1.38 bits per heavy atom. The Kier molecular flexibility index (Phi) is 6.14. The molecule has 2 amide bonds. The van der Waals surface area contributed by atoms with E-state index in [2.05, 4.69) is 21.6 Å². The van der Waals surface area contributed by atoms with Crippen LogP contribution in [0.5, 0.6) is 0 Å². The molecule has 0 radical (unpaired) electrons. The fourth-order valence-corrected chi connectivity index (χ4v) is 4.31. The van der Waals surface area contributed by atoms with E-state index in [1.165, 1.54) is 11.3 Å². The van der Waals surface area contributed by atoms with Crippen LogP contribution in [-0.2, 0) is 22.5 Å². The van der Waals surface area contributed by atoms with Crippen molar-refractivity contribution in [3.63, 3.8) is 0 Å². The maximum Gasteiger partial charge on any atom is 0.319 e. The number of anilines is 1. The Morgan fingerprint density at radius 2 is 2.15 bits per heavy atom. The average Bonchev–Trinajstić information content (AvgIpc) is 2.94. The molecule has 2 aliphatic heterocycles. The van der Waals surface area contributed by atoms with Crippen LogP contribution in [-0.4, -0.2) is 55.9 Å². The normalized spacial score (nSPS) is 19.4. The molecule has 0 atom stereocenters. The van der Waals surface area contributed by atoms with Gasteiger partial charge in [0.15, 0.2) is 0 Å². The second-order valence-corrected chi connectivity index (χ2v) is 8.34. The van der Waals surface area contributed by atoms with Gasteiger partial charge >= 0.3 is 6.03 Å². The second-order valence-electron chi connectivity index (χ2n) is 7.23. The zero-order valence-corrected chi connectivity index (χ0v) is 16.2. The summed E-state index contributed by atoms with van der Waals surface area (Å²) < 4.78 is 11.1. The molecule has 2 aliphatic rings. The van der Waals surface area contributed by atoms with Gasteiger partial charge in [0, 0.05) is 30.9 Å². The van der Waals surface area contributed by atoms with Crippen LogP contribution in [0.3, 0.4) is 0 Å². The third kappa shape index (κ3) is 4.74. The first-order valence-corrected chi connectivity index (χ1v) is 9.84. The van der Waals surface area contributed by atoms with E-state index in [0.717, 1.165) is 49.7 Å². The van der Waals surface area contributed by atoms with Crippen LogP contribution in [0.1, 0.15) is 36.3 Å². The summed E-state index contributed by atoms with van der Waals surface area (Å²) in [6.07, 6.45) is 1.58. The summed E-state index contributed by atoms with van der Waals surface area (Å²) in [4.78, 5) is 15.6. The third-order valence-corrected chi connectivity index (χ3v) is 5.79. The number of carbonyl (C=O) groups excluding carboxylic acids is 1. The number of hydrogen-bond donors (Lipinski definition) is 2. The molecular weight excluding hydrogens is 352 g/mol. The van der Waals surface area contributed by atoms with E-state index < -0.39 is 0 Å². The number of nitriles is 1. The number of nitrogens with zero attached hydrogens (tertiary/aromatic N) is 2. The molecule has 8 heteroatoms. The highest BCUT2D eigenvalue weighted by Crippen LogP contribution is 2.39. The van der Waals surface area contributed by atoms with Gasteiger partial charge in [-0.25, -0.2) is 4.79 Å². The molecule has 7 nitrogen and oxygen atoms in total. The van der Waals surface area contributed by atoms with E-state index in [1.807, 2.05) is 13.8 Å². The van der Waals surface area contributed by atoms with Crippen molar-refractivity contribution in [2.45, 2.75) is 38.9 Å². The number of rotatable bonds is 5. The molecule has 26 heavy (non-hydrogen) atoms. The quantitative estimate of drug-likeness (QED) is 0.768. The van der Waals surface area contributed by atoms with Crippen molar-refractivity contribution in [2.75, 3.05) is 44.7 Å². The van der Waals surface area contributed by atoms with Gasteiger partial charge in [-0.05, 0) is 32.4 Å². The van der Waals surface area contributed by atoms with Crippen LogP contribution < -0.4 is 10.6 Å². The largest absolute Gasteiger partial charge is 0.379 e. The first-order chi connectivity index (χ1) is 12.5. The number of urea groups is 1. The molecule has 3 heterocycles. The van der Waals surface area contributed by atoms with E-state index in [4.69, 9.17) is 9.47 Å². The summed E-state index contributed by atoms with van der Waals surface area (Å²) in [7, 11) is 0. The minimum absolute atomic E-state index is 0.262. The number of fused-ring (bicyclic) bond motifs is 1. The van der Waals surface area contributed by atoms with Gasteiger partial charge in [-0.1, -0.05) is 0 Å². The Morgan fingerprint density at radius 3 is 2.88 bits per heavy atom. The molecular formula is C18H26N4O3S. The Balaban J connectivity index is 1.50. The lowest BCUT2D eigenvalue weighted by molar-refractivity contribution is -0.0383. The van der Waals surface area contributed by atoms with Gasteiger partial charge in [0.25, 0.3) is 0 Å². The zero-order chi connectivity index (χ0) is 18.6. The van der Waals surface area contributed by atoms with Crippen molar-refractivity contribution in [3.05, 3.63) is 16.0 Å². The lowest BCUT2D eigenvalue weighted by Gasteiger charge is -2.29. The highest BCUT2D eigenvalue weighted by Gasteiger charge is 2.31. The summed E-state index contributed by atoms with van der Waals surface area (Å²) in [6.45, 7) is 9.56. The van der Waals surface area contributed by atoms with E-state index in [9.17, 15) is 10.1 Å². The minimum atomic E-state index is -0.279. The summed E-state index contributed by atoms with van der Waals surface area (Å²) in [5.74, 6) is 0. The van der Waals surface area contributed by atoms with Crippen LogP contribution in [0, 0.1) is 11.3 Å². The molecule has 2 N–H and O–H groups in total. The number of hydrogen-bond acceptors (Lipinski definition) is 6. The van der Waals surface area contributed by atoms with Crippen LogP contribution in [0.25, 0.3) is 0 Å². The highest BCUT2D eigenvalue weighted by atomic mass is 32.1. The van der Waals surface area contributed by atoms with E-state index in [-0.39, 0.29) is 11.6 Å². The molecule has 0 aromatic carbocycles. The molecule has 1 saturated heterocycles. The first-order valence-electron chi connectivity index (χ1n) is 9.02. The summed E-state index contributed by atoms with van der Waals surface area (Å²) in [5, 5.41) is 15.9.